The van der Waals surface area contributed by atoms with Crippen LogP contribution in [0, 0.1) is 0 Å². The number of thioether (sulfide) groups is 1. The molecule has 27 heavy (non-hydrogen) atoms. The Bertz CT molecular complexity index is 726. The standard InChI is InChI=1S/C20H27BO5S/c1-14(22)27-13-17(21-25-19(2,3)20(4,5)26-21)11-15-8-7-9-16(10-15)12-18(23)24-6/h7-11H,12-13H2,1-6H3. The van der Waals surface area contributed by atoms with E-state index >= 15 is 0 Å². The van der Waals surface area contributed by atoms with Gasteiger partial charge in [-0.05, 0) is 44.3 Å². The molecule has 2 rings (SSSR count). The van der Waals surface area contributed by atoms with Crippen molar-refractivity contribution in [1.29, 1.82) is 0 Å². The predicted molar refractivity (Wildman–Crippen MR) is 109 cm³/mol. The largest absolute Gasteiger partial charge is 0.491 e. The molecule has 0 aromatic heterocycles. The third-order valence-corrected chi connectivity index (χ3v) is 5.76. The lowest BCUT2D eigenvalue weighted by molar-refractivity contribution is -0.139. The van der Waals surface area contributed by atoms with E-state index in [2.05, 4.69) is 0 Å². The van der Waals surface area contributed by atoms with Crippen molar-refractivity contribution in [1.82, 2.24) is 0 Å². The molecular weight excluding hydrogens is 363 g/mol. The van der Waals surface area contributed by atoms with Gasteiger partial charge in [0.2, 0.25) is 0 Å². The molecule has 1 aliphatic rings. The summed E-state index contributed by atoms with van der Waals surface area (Å²) in [6.07, 6.45) is 2.19. The Morgan fingerprint density at radius 1 is 1.19 bits per heavy atom. The van der Waals surface area contributed by atoms with Gasteiger partial charge in [0, 0.05) is 12.7 Å². The summed E-state index contributed by atoms with van der Waals surface area (Å²) in [4.78, 5) is 23.0. The Balaban J connectivity index is 2.30. The lowest BCUT2D eigenvalue weighted by Crippen LogP contribution is -2.41. The molecule has 1 saturated heterocycles. The molecule has 5 nitrogen and oxygen atoms in total. The van der Waals surface area contributed by atoms with Crippen LogP contribution >= 0.6 is 11.8 Å². The van der Waals surface area contributed by atoms with E-state index in [0.717, 1.165) is 16.6 Å². The molecule has 0 unspecified atom stereocenters. The SMILES string of the molecule is COC(=O)Cc1cccc(C=C(CSC(C)=O)B2OC(C)(C)C(C)(C)O2)c1. The molecule has 1 aromatic rings. The van der Waals surface area contributed by atoms with Crippen LogP contribution in [0.3, 0.4) is 0 Å². The van der Waals surface area contributed by atoms with Crippen molar-refractivity contribution in [2.24, 2.45) is 0 Å². The van der Waals surface area contributed by atoms with Crippen molar-refractivity contribution >= 4 is 36.0 Å². The van der Waals surface area contributed by atoms with E-state index in [9.17, 15) is 9.59 Å². The highest BCUT2D eigenvalue weighted by Crippen LogP contribution is 2.39. The first-order chi connectivity index (χ1) is 12.5. The van der Waals surface area contributed by atoms with Gasteiger partial charge in [-0.1, -0.05) is 42.1 Å². The fraction of sp³-hybridized carbons (Fsp3) is 0.500. The summed E-state index contributed by atoms with van der Waals surface area (Å²) < 4.78 is 17.0. The van der Waals surface area contributed by atoms with Gasteiger partial charge in [-0.15, -0.1) is 0 Å². The van der Waals surface area contributed by atoms with Crippen molar-refractivity contribution in [3.05, 3.63) is 40.9 Å². The summed E-state index contributed by atoms with van der Waals surface area (Å²) in [6, 6.07) is 7.65. The minimum Gasteiger partial charge on any atom is -0.469 e. The molecule has 146 valence electrons. The molecule has 1 fully saturated rings. The summed E-state index contributed by atoms with van der Waals surface area (Å²) >= 11 is 1.22. The first kappa shape index (κ1) is 21.7. The molecule has 0 aliphatic carbocycles. The van der Waals surface area contributed by atoms with E-state index in [1.807, 2.05) is 58.0 Å². The zero-order valence-corrected chi connectivity index (χ0v) is 17.6. The minimum absolute atomic E-state index is 0.0388. The average Bonchev–Trinajstić information content (AvgIpc) is 2.79. The van der Waals surface area contributed by atoms with Crippen LogP contribution in [0.25, 0.3) is 6.08 Å². The first-order valence-electron chi connectivity index (χ1n) is 8.89. The zero-order chi connectivity index (χ0) is 20.2. The maximum atomic E-state index is 11.5. The molecule has 7 heteroatoms. The Hall–Kier alpha value is -1.57. The molecule has 0 N–H and O–H groups in total. The van der Waals surface area contributed by atoms with Gasteiger partial charge in [-0.25, -0.2) is 0 Å². The van der Waals surface area contributed by atoms with Crippen molar-refractivity contribution < 1.29 is 23.6 Å². The number of benzene rings is 1. The van der Waals surface area contributed by atoms with Crippen molar-refractivity contribution in [3.8, 4) is 0 Å². The number of hydrogen-bond donors (Lipinski definition) is 0. The van der Waals surface area contributed by atoms with Gasteiger partial charge in [0.25, 0.3) is 0 Å². The smallest absolute Gasteiger partial charge is 0.469 e. The normalized spacial score (nSPS) is 18.4. The molecule has 0 bridgehead atoms. The Morgan fingerprint density at radius 3 is 2.37 bits per heavy atom. The number of ether oxygens (including phenoxy) is 1. The lowest BCUT2D eigenvalue weighted by atomic mass is 9.78. The molecule has 1 aromatic carbocycles. The van der Waals surface area contributed by atoms with Crippen LogP contribution in [-0.4, -0.2) is 42.3 Å². The van der Waals surface area contributed by atoms with E-state index in [4.69, 9.17) is 14.0 Å². The average molecular weight is 390 g/mol. The van der Waals surface area contributed by atoms with E-state index in [-0.39, 0.29) is 17.5 Å². The van der Waals surface area contributed by atoms with Gasteiger partial charge in [0.05, 0.1) is 24.7 Å². The quantitative estimate of drug-likeness (QED) is 0.545. The second kappa shape index (κ2) is 8.63. The van der Waals surface area contributed by atoms with Gasteiger partial charge in [-0.2, -0.15) is 0 Å². The second-order valence-corrected chi connectivity index (χ2v) is 8.74. The lowest BCUT2D eigenvalue weighted by Gasteiger charge is -2.32. The number of hydrogen-bond acceptors (Lipinski definition) is 6. The number of esters is 1. The Labute approximate surface area is 166 Å². The van der Waals surface area contributed by atoms with Gasteiger partial charge < -0.3 is 14.0 Å². The minimum atomic E-state index is -0.522. The molecule has 0 radical (unpaired) electrons. The van der Waals surface area contributed by atoms with Gasteiger partial charge in [0.15, 0.2) is 5.12 Å². The Kier molecular flexibility index (Phi) is 6.95. The maximum Gasteiger partial charge on any atom is 0.491 e. The molecule has 1 aliphatic heterocycles. The highest BCUT2D eigenvalue weighted by atomic mass is 32.2. The summed E-state index contributed by atoms with van der Waals surface area (Å²) in [7, 11) is 0.854. The molecule has 0 atom stereocenters. The van der Waals surface area contributed by atoms with Crippen LogP contribution in [0.4, 0.5) is 0 Å². The third kappa shape index (κ3) is 5.70. The highest BCUT2D eigenvalue weighted by molar-refractivity contribution is 8.13. The fourth-order valence-electron chi connectivity index (χ4n) is 2.60. The van der Waals surface area contributed by atoms with Crippen molar-refractivity contribution in [3.63, 3.8) is 0 Å². The highest BCUT2D eigenvalue weighted by Gasteiger charge is 2.52. The van der Waals surface area contributed by atoms with E-state index in [1.165, 1.54) is 18.9 Å². The van der Waals surface area contributed by atoms with E-state index in [1.54, 1.807) is 6.92 Å². The van der Waals surface area contributed by atoms with Crippen LogP contribution in [0.15, 0.2) is 29.7 Å². The van der Waals surface area contributed by atoms with E-state index in [0.29, 0.717) is 5.75 Å². The summed E-state index contributed by atoms with van der Waals surface area (Å²) in [5.74, 6) is 0.197. The van der Waals surface area contributed by atoms with Crippen LogP contribution < -0.4 is 0 Å². The van der Waals surface area contributed by atoms with Crippen LogP contribution in [-0.2, 0) is 30.1 Å². The Morgan fingerprint density at radius 2 is 1.81 bits per heavy atom. The fourth-order valence-corrected chi connectivity index (χ4v) is 3.19. The van der Waals surface area contributed by atoms with Gasteiger partial charge in [0.1, 0.15) is 0 Å². The predicted octanol–water partition coefficient (Wildman–Crippen LogP) is 3.70. The van der Waals surface area contributed by atoms with Crippen LogP contribution in [0.1, 0.15) is 45.7 Å². The van der Waals surface area contributed by atoms with Crippen LogP contribution in [0.2, 0.25) is 0 Å². The molecule has 0 saturated carbocycles. The van der Waals surface area contributed by atoms with Crippen LogP contribution in [0.5, 0.6) is 0 Å². The molecule has 0 amide bonds. The monoisotopic (exact) mass is 390 g/mol. The number of rotatable bonds is 6. The number of carbonyl (C=O) groups is 2. The van der Waals surface area contributed by atoms with Crippen molar-refractivity contribution in [2.45, 2.75) is 52.2 Å². The van der Waals surface area contributed by atoms with E-state index < -0.39 is 18.3 Å². The summed E-state index contributed by atoms with van der Waals surface area (Å²) in [5.41, 5.74) is 1.76. The van der Waals surface area contributed by atoms with Gasteiger partial charge in [-0.3, -0.25) is 9.59 Å². The number of carbonyl (C=O) groups excluding carboxylic acids is 2. The first-order valence-corrected chi connectivity index (χ1v) is 9.88. The molecule has 1 heterocycles. The summed E-state index contributed by atoms with van der Waals surface area (Å²) in [6.45, 7) is 9.54. The molecule has 0 spiro atoms. The third-order valence-electron chi connectivity index (χ3n) is 4.88. The topological polar surface area (TPSA) is 61.8 Å². The summed E-state index contributed by atoms with van der Waals surface area (Å²) in [5, 5.41) is 0.0388. The number of methoxy groups -OCH3 is 1. The van der Waals surface area contributed by atoms with Crippen molar-refractivity contribution in [2.75, 3.05) is 12.9 Å². The molecular formula is C20H27BO5S. The maximum absolute atomic E-state index is 11.5. The van der Waals surface area contributed by atoms with Gasteiger partial charge >= 0.3 is 13.1 Å². The second-order valence-electron chi connectivity index (χ2n) is 7.59. The zero-order valence-electron chi connectivity index (χ0n) is 16.8.